The maximum Gasteiger partial charge on any atom is 0.243 e. The highest BCUT2D eigenvalue weighted by Crippen LogP contribution is 2.29. The van der Waals surface area contributed by atoms with Crippen LogP contribution in [0.5, 0.6) is 0 Å². The zero-order valence-electron chi connectivity index (χ0n) is 21.4. The summed E-state index contributed by atoms with van der Waals surface area (Å²) in [4.78, 5) is 19.6. The molecule has 4 rings (SSSR count). The number of carbonyl (C=O) groups excluding carboxylic acids is 1. The lowest BCUT2D eigenvalue weighted by Gasteiger charge is -2.27. The minimum absolute atomic E-state index is 0.0124. The summed E-state index contributed by atoms with van der Waals surface area (Å²) in [7, 11) is 0. The molecule has 0 saturated heterocycles. The van der Waals surface area contributed by atoms with Gasteiger partial charge in [0, 0.05) is 29.5 Å². The zero-order valence-corrected chi connectivity index (χ0v) is 22.2. The fourth-order valence-electron chi connectivity index (χ4n) is 4.44. The molecule has 0 radical (unpaired) electrons. The van der Waals surface area contributed by atoms with Crippen LogP contribution in [0.25, 0.3) is 10.8 Å². The first-order valence-electron chi connectivity index (χ1n) is 12.6. The van der Waals surface area contributed by atoms with Gasteiger partial charge in [-0.1, -0.05) is 81.4 Å². The van der Waals surface area contributed by atoms with Crippen LogP contribution in [0.15, 0.2) is 83.2 Å². The highest BCUT2D eigenvalue weighted by molar-refractivity contribution is 7.07. The summed E-state index contributed by atoms with van der Waals surface area (Å²) >= 11 is 1.59. The molecule has 5 nitrogen and oxygen atoms in total. The summed E-state index contributed by atoms with van der Waals surface area (Å²) in [5.74, 6) is 0.0124. The van der Waals surface area contributed by atoms with Gasteiger partial charge in [0.05, 0.1) is 5.69 Å². The van der Waals surface area contributed by atoms with Crippen molar-refractivity contribution in [3.63, 3.8) is 0 Å². The van der Waals surface area contributed by atoms with Gasteiger partial charge in [-0.3, -0.25) is 4.79 Å². The average molecular weight is 501 g/mol. The molecule has 1 aromatic heterocycles. The van der Waals surface area contributed by atoms with E-state index in [4.69, 9.17) is 10.7 Å². The van der Waals surface area contributed by atoms with Gasteiger partial charge < -0.3 is 15.6 Å². The monoisotopic (exact) mass is 500 g/mol. The van der Waals surface area contributed by atoms with Crippen molar-refractivity contribution in [2.75, 3.05) is 13.1 Å². The molecule has 3 aromatic carbocycles. The molecule has 0 aliphatic carbocycles. The summed E-state index contributed by atoms with van der Waals surface area (Å²) in [5.41, 5.74) is 8.64. The first kappa shape index (κ1) is 25.9. The Kier molecular flexibility index (Phi) is 8.39. The number of amides is 1. The summed E-state index contributed by atoms with van der Waals surface area (Å²) < 4.78 is 2.16. The van der Waals surface area contributed by atoms with E-state index in [0.717, 1.165) is 34.6 Å². The lowest BCUT2D eigenvalue weighted by molar-refractivity contribution is -0.124. The fourth-order valence-corrected chi connectivity index (χ4v) is 5.62. The van der Waals surface area contributed by atoms with E-state index in [9.17, 15) is 4.79 Å². The third-order valence-corrected chi connectivity index (χ3v) is 7.17. The van der Waals surface area contributed by atoms with E-state index in [0.29, 0.717) is 19.5 Å². The summed E-state index contributed by atoms with van der Waals surface area (Å²) in [6.07, 6.45) is 2.33. The Labute approximate surface area is 217 Å². The zero-order chi connectivity index (χ0) is 25.5. The van der Waals surface area contributed by atoms with Gasteiger partial charge in [0.2, 0.25) is 5.91 Å². The molecule has 0 unspecified atom stereocenters. The number of nitrogens with one attached hydrogen (secondary N) is 1. The van der Waals surface area contributed by atoms with Crippen molar-refractivity contribution in [1.82, 2.24) is 9.88 Å². The Bertz CT molecular complexity index is 1360. The molecule has 3 N–H and O–H groups in total. The standard InChI is InChI=1S/C30H36N4OS/c1-30(2,3)27-21-36-29(33-24-15-5-4-6-16-24)34(27)26(28(35)32-19-10-9-18-31)20-23-14-11-13-22-12-7-8-17-25(22)23/h4-8,11-17,21,26H,9-10,18-20,31H2,1-3H3,(H,32,35)/t26-/m0/s1. The Hall–Kier alpha value is -3.22. The van der Waals surface area contributed by atoms with Crippen molar-refractivity contribution in [3.8, 4) is 0 Å². The topological polar surface area (TPSA) is 72.4 Å². The van der Waals surface area contributed by atoms with Crippen molar-refractivity contribution in [2.24, 2.45) is 10.7 Å². The number of rotatable bonds is 9. The molecular weight excluding hydrogens is 464 g/mol. The van der Waals surface area contributed by atoms with Crippen LogP contribution in [-0.2, 0) is 16.6 Å². The normalized spacial score (nSPS) is 13.2. The van der Waals surface area contributed by atoms with Crippen LogP contribution in [-0.4, -0.2) is 23.6 Å². The maximum absolute atomic E-state index is 13.8. The molecular formula is C30H36N4OS. The SMILES string of the molecule is CC(C)(C)c1csc(=Nc2ccccc2)n1[C@@H](Cc1cccc2ccccc12)C(=O)NCCCCN. The number of fused-ring (bicyclic) bond motifs is 1. The van der Waals surface area contributed by atoms with Gasteiger partial charge in [-0.2, -0.15) is 0 Å². The van der Waals surface area contributed by atoms with Gasteiger partial charge in [-0.05, 0) is 47.9 Å². The van der Waals surface area contributed by atoms with Crippen molar-refractivity contribution >= 4 is 33.7 Å². The molecule has 188 valence electrons. The van der Waals surface area contributed by atoms with Gasteiger partial charge in [0.1, 0.15) is 6.04 Å². The summed E-state index contributed by atoms with van der Waals surface area (Å²) in [6, 6.07) is 24.2. The molecule has 0 aliphatic rings. The van der Waals surface area contributed by atoms with Gasteiger partial charge in [-0.25, -0.2) is 4.99 Å². The van der Waals surface area contributed by atoms with Crippen molar-refractivity contribution < 1.29 is 4.79 Å². The highest BCUT2D eigenvalue weighted by atomic mass is 32.1. The first-order chi connectivity index (χ1) is 17.4. The molecule has 1 amide bonds. The van der Waals surface area contributed by atoms with Crippen LogP contribution in [0.3, 0.4) is 0 Å². The fraction of sp³-hybridized carbons (Fsp3) is 0.333. The molecule has 1 heterocycles. The molecule has 4 aromatic rings. The van der Waals surface area contributed by atoms with E-state index in [1.54, 1.807) is 11.3 Å². The summed E-state index contributed by atoms with van der Waals surface area (Å²) in [5, 5.41) is 7.70. The van der Waals surface area contributed by atoms with Crippen LogP contribution >= 0.6 is 11.3 Å². The number of aromatic nitrogens is 1. The first-order valence-corrected chi connectivity index (χ1v) is 13.5. The van der Waals surface area contributed by atoms with E-state index in [1.165, 1.54) is 10.8 Å². The van der Waals surface area contributed by atoms with Crippen molar-refractivity contribution in [1.29, 1.82) is 0 Å². The van der Waals surface area contributed by atoms with E-state index in [-0.39, 0.29) is 11.3 Å². The van der Waals surface area contributed by atoms with Crippen LogP contribution in [0.1, 0.15) is 50.9 Å². The minimum Gasteiger partial charge on any atom is -0.354 e. The Morgan fingerprint density at radius 1 is 1.00 bits per heavy atom. The van der Waals surface area contributed by atoms with Gasteiger partial charge in [0.25, 0.3) is 0 Å². The molecule has 6 heteroatoms. The molecule has 0 saturated carbocycles. The predicted molar refractivity (Wildman–Crippen MR) is 151 cm³/mol. The molecule has 0 fully saturated rings. The van der Waals surface area contributed by atoms with E-state index < -0.39 is 6.04 Å². The molecule has 1 atom stereocenters. The smallest absolute Gasteiger partial charge is 0.243 e. The third kappa shape index (κ3) is 6.12. The quantitative estimate of drug-likeness (QED) is 0.282. The lowest BCUT2D eigenvalue weighted by Crippen LogP contribution is -2.40. The number of nitrogens with zero attached hydrogens (tertiary/aromatic N) is 2. The number of benzene rings is 3. The highest BCUT2D eigenvalue weighted by Gasteiger charge is 2.29. The molecule has 0 aliphatic heterocycles. The second kappa shape index (κ2) is 11.7. The number of carbonyl (C=O) groups is 1. The number of unbranched alkanes of at least 4 members (excludes halogenated alkanes) is 1. The predicted octanol–water partition coefficient (Wildman–Crippen LogP) is 5.87. The van der Waals surface area contributed by atoms with Crippen molar-refractivity contribution in [2.45, 2.75) is 51.5 Å². The number of hydrogen-bond acceptors (Lipinski definition) is 4. The van der Waals surface area contributed by atoms with Crippen LogP contribution in [0.2, 0.25) is 0 Å². The van der Waals surface area contributed by atoms with Crippen molar-refractivity contribution in [3.05, 3.63) is 94.2 Å². The minimum atomic E-state index is -0.434. The maximum atomic E-state index is 13.8. The van der Waals surface area contributed by atoms with Gasteiger partial charge >= 0.3 is 0 Å². The number of para-hydroxylation sites is 1. The summed E-state index contributed by atoms with van der Waals surface area (Å²) in [6.45, 7) is 7.80. The third-order valence-electron chi connectivity index (χ3n) is 6.33. The number of hydrogen-bond donors (Lipinski definition) is 2. The molecule has 0 spiro atoms. The lowest BCUT2D eigenvalue weighted by atomic mass is 9.91. The van der Waals surface area contributed by atoms with Gasteiger partial charge in [-0.15, -0.1) is 11.3 Å². The van der Waals surface area contributed by atoms with E-state index in [2.05, 4.69) is 78.5 Å². The van der Waals surface area contributed by atoms with E-state index in [1.807, 2.05) is 30.3 Å². The van der Waals surface area contributed by atoms with Crippen LogP contribution < -0.4 is 15.9 Å². The largest absolute Gasteiger partial charge is 0.354 e. The second-order valence-electron chi connectivity index (χ2n) is 10.1. The van der Waals surface area contributed by atoms with Crippen LogP contribution in [0.4, 0.5) is 5.69 Å². The average Bonchev–Trinajstić information content (AvgIpc) is 3.29. The number of nitrogens with two attached hydrogens (primary N) is 1. The Morgan fingerprint density at radius 2 is 1.72 bits per heavy atom. The molecule has 0 bridgehead atoms. The second-order valence-corrected chi connectivity index (χ2v) is 11.0. The Balaban J connectivity index is 1.84. The van der Waals surface area contributed by atoms with Crippen LogP contribution in [0, 0.1) is 0 Å². The number of thiazole rings is 1. The van der Waals surface area contributed by atoms with E-state index >= 15 is 0 Å². The molecule has 36 heavy (non-hydrogen) atoms. The Morgan fingerprint density at radius 3 is 2.47 bits per heavy atom. The van der Waals surface area contributed by atoms with Gasteiger partial charge in [0.15, 0.2) is 4.80 Å².